The van der Waals surface area contributed by atoms with Gasteiger partial charge in [-0.15, -0.1) is 24.0 Å². The van der Waals surface area contributed by atoms with Gasteiger partial charge in [-0.2, -0.15) is 0 Å². The monoisotopic (exact) mass is 519 g/mol. The second-order valence-corrected chi connectivity index (χ2v) is 7.03. The van der Waals surface area contributed by atoms with Gasteiger partial charge in [0.1, 0.15) is 11.5 Å². The van der Waals surface area contributed by atoms with E-state index in [9.17, 15) is 0 Å². The molecule has 1 unspecified atom stereocenters. The molecule has 1 aromatic rings. The number of methoxy groups -OCH3 is 2. The fourth-order valence-corrected chi connectivity index (χ4v) is 3.52. The lowest BCUT2D eigenvalue weighted by Gasteiger charge is -2.22. The summed E-state index contributed by atoms with van der Waals surface area (Å²) in [6, 6.07) is 6.39. The minimum atomic E-state index is 0. The Labute approximate surface area is 193 Å². The van der Waals surface area contributed by atoms with E-state index in [1.54, 1.807) is 14.2 Å². The van der Waals surface area contributed by atoms with Crippen molar-refractivity contribution in [1.82, 2.24) is 15.5 Å². The van der Waals surface area contributed by atoms with Crippen LogP contribution in [0.3, 0.4) is 0 Å². The largest absolute Gasteiger partial charge is 0.497 e. The fourth-order valence-electron chi connectivity index (χ4n) is 3.52. The molecule has 1 aromatic carbocycles. The van der Waals surface area contributed by atoms with E-state index < -0.39 is 0 Å². The molecule has 1 fully saturated rings. The molecule has 0 saturated carbocycles. The lowest BCUT2D eigenvalue weighted by Crippen LogP contribution is -2.45. The molecule has 0 spiro atoms. The predicted molar refractivity (Wildman–Crippen MR) is 132 cm³/mol. The van der Waals surface area contributed by atoms with Gasteiger partial charge in [-0.25, -0.2) is 0 Å². The van der Waals surface area contributed by atoms with Gasteiger partial charge in [-0.3, -0.25) is 4.99 Å². The Hall–Kier alpha value is -1.42. The van der Waals surface area contributed by atoms with Gasteiger partial charge in [0, 0.05) is 56.6 Å². The Morgan fingerprint density at radius 3 is 2.38 bits per heavy atom. The van der Waals surface area contributed by atoms with Crippen molar-refractivity contribution in [2.75, 3.05) is 65.4 Å². The van der Waals surface area contributed by atoms with Crippen molar-refractivity contribution in [3.63, 3.8) is 0 Å². The summed E-state index contributed by atoms with van der Waals surface area (Å²) in [5.74, 6) is 2.52. The zero-order chi connectivity index (χ0) is 20.4. The quantitative estimate of drug-likeness (QED) is 0.215. The van der Waals surface area contributed by atoms with E-state index in [0.717, 1.165) is 75.3 Å². The number of hydrogen-bond acceptors (Lipinski definition) is 5. The number of nitrogens with one attached hydrogen (secondary N) is 2. The summed E-state index contributed by atoms with van der Waals surface area (Å²) in [7, 11) is 5.20. The van der Waals surface area contributed by atoms with E-state index in [4.69, 9.17) is 9.47 Å². The Morgan fingerprint density at radius 1 is 1.17 bits per heavy atom. The highest BCUT2D eigenvalue weighted by atomic mass is 127. The molecule has 0 aromatic heterocycles. The van der Waals surface area contributed by atoms with Gasteiger partial charge in [0.15, 0.2) is 5.96 Å². The maximum absolute atomic E-state index is 5.40. The second-order valence-electron chi connectivity index (χ2n) is 7.03. The van der Waals surface area contributed by atoms with Crippen molar-refractivity contribution < 1.29 is 9.47 Å². The number of guanidine groups is 1. The van der Waals surface area contributed by atoms with Gasteiger partial charge < -0.3 is 29.9 Å². The number of benzene rings is 1. The molecule has 166 valence electrons. The van der Waals surface area contributed by atoms with Crippen LogP contribution in [0.2, 0.25) is 0 Å². The molecular weight excluding hydrogens is 481 g/mol. The standard InChI is InChI=1S/C21H37N5O2.HI/c1-6-25(7-2)11-8-10-23-21(22-3)24-17-9-12-26(16-17)18-13-19(27-4)15-20(14-18)28-5;/h13-15,17H,6-12,16H2,1-5H3,(H2,22,23,24);1H. The molecule has 1 atom stereocenters. The van der Waals surface area contributed by atoms with E-state index in [0.29, 0.717) is 6.04 Å². The van der Waals surface area contributed by atoms with E-state index in [1.807, 2.05) is 13.1 Å². The molecule has 2 rings (SSSR count). The molecule has 29 heavy (non-hydrogen) atoms. The summed E-state index contributed by atoms with van der Waals surface area (Å²) in [6.45, 7) is 10.6. The normalized spacial score (nSPS) is 16.6. The first kappa shape index (κ1) is 25.6. The van der Waals surface area contributed by atoms with E-state index in [-0.39, 0.29) is 24.0 Å². The number of rotatable bonds is 10. The van der Waals surface area contributed by atoms with Crippen molar-refractivity contribution in [2.45, 2.75) is 32.7 Å². The molecule has 7 nitrogen and oxygen atoms in total. The summed E-state index contributed by atoms with van der Waals surface area (Å²) in [5.41, 5.74) is 1.13. The summed E-state index contributed by atoms with van der Waals surface area (Å²) in [4.78, 5) is 9.18. The predicted octanol–water partition coefficient (Wildman–Crippen LogP) is 2.80. The minimum absolute atomic E-state index is 0. The van der Waals surface area contributed by atoms with Gasteiger partial charge in [0.05, 0.1) is 14.2 Å². The van der Waals surface area contributed by atoms with Crippen LogP contribution in [0.5, 0.6) is 11.5 Å². The first-order chi connectivity index (χ1) is 13.6. The third kappa shape index (κ3) is 8.08. The van der Waals surface area contributed by atoms with E-state index in [1.165, 1.54) is 0 Å². The molecule has 8 heteroatoms. The highest BCUT2D eigenvalue weighted by Gasteiger charge is 2.24. The molecule has 1 saturated heterocycles. The van der Waals surface area contributed by atoms with Crippen molar-refractivity contribution >= 4 is 35.6 Å². The second kappa shape index (κ2) is 13.7. The molecule has 0 amide bonds. The SMILES string of the molecule is CCN(CC)CCCNC(=NC)NC1CCN(c2cc(OC)cc(OC)c2)C1.I. The summed E-state index contributed by atoms with van der Waals surface area (Å²) in [5, 5.41) is 7.00. The van der Waals surface area contributed by atoms with Gasteiger partial charge >= 0.3 is 0 Å². The first-order valence-corrected chi connectivity index (χ1v) is 10.3. The maximum Gasteiger partial charge on any atom is 0.191 e. The zero-order valence-corrected chi connectivity index (χ0v) is 20.9. The van der Waals surface area contributed by atoms with Crippen LogP contribution in [-0.2, 0) is 0 Å². The number of nitrogens with zero attached hydrogens (tertiary/aromatic N) is 3. The fraction of sp³-hybridized carbons (Fsp3) is 0.667. The van der Waals surface area contributed by atoms with Crippen molar-refractivity contribution in [1.29, 1.82) is 0 Å². The average Bonchev–Trinajstić information content (AvgIpc) is 3.21. The number of ether oxygens (including phenoxy) is 2. The average molecular weight is 519 g/mol. The van der Waals surface area contributed by atoms with Crippen LogP contribution in [0.15, 0.2) is 23.2 Å². The first-order valence-electron chi connectivity index (χ1n) is 10.3. The number of halogens is 1. The van der Waals surface area contributed by atoms with Crippen LogP contribution < -0.4 is 25.0 Å². The van der Waals surface area contributed by atoms with Gasteiger partial charge in [-0.1, -0.05) is 13.8 Å². The topological polar surface area (TPSA) is 61.4 Å². The molecule has 0 aliphatic carbocycles. The van der Waals surface area contributed by atoms with E-state index in [2.05, 4.69) is 51.4 Å². The number of aliphatic imine (C=N–C) groups is 1. The molecule has 2 N–H and O–H groups in total. The molecular formula is C21H38IN5O2. The summed E-state index contributed by atoms with van der Waals surface area (Å²) >= 11 is 0. The molecule has 1 aliphatic rings. The van der Waals surface area contributed by atoms with E-state index >= 15 is 0 Å². The van der Waals surface area contributed by atoms with Gasteiger partial charge in [0.2, 0.25) is 0 Å². The summed E-state index contributed by atoms with van der Waals surface area (Å²) < 4.78 is 10.8. The highest BCUT2D eigenvalue weighted by molar-refractivity contribution is 14.0. The van der Waals surface area contributed by atoms with Crippen LogP contribution >= 0.6 is 24.0 Å². The number of hydrogen-bond donors (Lipinski definition) is 2. The van der Waals surface area contributed by atoms with Crippen LogP contribution in [0.4, 0.5) is 5.69 Å². The van der Waals surface area contributed by atoms with Crippen molar-refractivity contribution in [3.05, 3.63) is 18.2 Å². The zero-order valence-electron chi connectivity index (χ0n) is 18.5. The minimum Gasteiger partial charge on any atom is -0.497 e. The van der Waals surface area contributed by atoms with Gasteiger partial charge in [-0.05, 0) is 32.5 Å². The Balaban J connectivity index is 0.00000420. The Morgan fingerprint density at radius 2 is 1.83 bits per heavy atom. The third-order valence-corrected chi connectivity index (χ3v) is 5.29. The van der Waals surface area contributed by atoms with Crippen LogP contribution in [0.1, 0.15) is 26.7 Å². The van der Waals surface area contributed by atoms with Gasteiger partial charge in [0.25, 0.3) is 0 Å². The van der Waals surface area contributed by atoms with Crippen LogP contribution in [0, 0.1) is 0 Å². The Bertz CT molecular complexity index is 603. The Kier molecular flexibility index (Phi) is 12.1. The van der Waals surface area contributed by atoms with Crippen LogP contribution in [-0.4, -0.2) is 77.4 Å². The van der Waals surface area contributed by atoms with Crippen LogP contribution in [0.25, 0.3) is 0 Å². The maximum atomic E-state index is 5.40. The highest BCUT2D eigenvalue weighted by Crippen LogP contribution is 2.30. The molecule has 0 radical (unpaired) electrons. The molecule has 1 aliphatic heterocycles. The third-order valence-electron chi connectivity index (χ3n) is 5.29. The summed E-state index contributed by atoms with van der Waals surface area (Å²) in [6.07, 6.45) is 2.18. The molecule has 0 bridgehead atoms. The lowest BCUT2D eigenvalue weighted by molar-refractivity contribution is 0.300. The molecule has 1 heterocycles. The van der Waals surface area contributed by atoms with Crippen molar-refractivity contribution in [2.24, 2.45) is 4.99 Å². The number of anilines is 1. The smallest absolute Gasteiger partial charge is 0.191 e. The van der Waals surface area contributed by atoms with Crippen molar-refractivity contribution in [3.8, 4) is 11.5 Å². The lowest BCUT2D eigenvalue weighted by atomic mass is 10.2.